The third-order valence-electron chi connectivity index (χ3n) is 1.29. The number of ether oxygens (including phenoxy) is 2. The molecular formula is C6H10O3. The Kier molecular flexibility index (Phi) is 1.55. The van der Waals surface area contributed by atoms with E-state index in [4.69, 9.17) is 9.47 Å². The Hall–Kier alpha value is -0.410. The zero-order chi connectivity index (χ0) is 6.91. The normalized spacial score (nSPS) is 43.1. The van der Waals surface area contributed by atoms with Crippen molar-refractivity contribution in [3.63, 3.8) is 0 Å². The highest BCUT2D eigenvalue weighted by molar-refractivity contribution is 5.62. The van der Waals surface area contributed by atoms with E-state index in [9.17, 15) is 4.79 Å². The summed E-state index contributed by atoms with van der Waals surface area (Å²) >= 11 is 0. The highest BCUT2D eigenvalue weighted by atomic mass is 16.7. The Bertz CT molecular complexity index is 123. The Morgan fingerprint density at radius 3 is 2.67 bits per heavy atom. The first kappa shape index (κ1) is 6.71. The summed E-state index contributed by atoms with van der Waals surface area (Å²) in [5.41, 5.74) is -0.695. The zero-order valence-corrected chi connectivity index (χ0v) is 5.59. The molecule has 1 aliphatic rings. The molecule has 2 atom stereocenters. The van der Waals surface area contributed by atoms with Crippen molar-refractivity contribution >= 4 is 6.29 Å². The maximum absolute atomic E-state index is 10.3. The van der Waals surface area contributed by atoms with Crippen molar-refractivity contribution < 1.29 is 14.3 Å². The van der Waals surface area contributed by atoms with Crippen LogP contribution >= 0.6 is 0 Å². The molecule has 1 rings (SSSR count). The topological polar surface area (TPSA) is 35.5 Å². The third-order valence-corrected chi connectivity index (χ3v) is 1.29. The number of aldehydes is 1. The van der Waals surface area contributed by atoms with Gasteiger partial charge in [-0.15, -0.1) is 0 Å². The maximum Gasteiger partial charge on any atom is 0.156 e. The molecule has 9 heavy (non-hydrogen) atoms. The van der Waals surface area contributed by atoms with Crippen LogP contribution in [0.1, 0.15) is 13.8 Å². The van der Waals surface area contributed by atoms with E-state index in [1.807, 2.05) is 0 Å². The second kappa shape index (κ2) is 2.08. The van der Waals surface area contributed by atoms with E-state index in [1.54, 1.807) is 13.8 Å². The largest absolute Gasteiger partial charge is 0.349 e. The lowest BCUT2D eigenvalue weighted by Crippen LogP contribution is -2.29. The third kappa shape index (κ3) is 1.28. The van der Waals surface area contributed by atoms with Crippen LogP contribution in [-0.2, 0) is 14.3 Å². The second-order valence-electron chi connectivity index (χ2n) is 2.43. The second-order valence-corrected chi connectivity index (χ2v) is 2.43. The molecule has 0 aromatic carbocycles. The first-order valence-corrected chi connectivity index (χ1v) is 2.92. The van der Waals surface area contributed by atoms with Crippen molar-refractivity contribution in [1.29, 1.82) is 0 Å². The van der Waals surface area contributed by atoms with Crippen molar-refractivity contribution in [2.45, 2.75) is 25.7 Å². The van der Waals surface area contributed by atoms with Crippen LogP contribution in [0.3, 0.4) is 0 Å². The van der Waals surface area contributed by atoms with E-state index in [1.165, 1.54) is 0 Å². The fourth-order valence-electron chi connectivity index (χ4n) is 0.792. The molecule has 1 aliphatic heterocycles. The molecule has 3 nitrogen and oxygen atoms in total. The van der Waals surface area contributed by atoms with Gasteiger partial charge in [-0.3, -0.25) is 0 Å². The van der Waals surface area contributed by atoms with Crippen LogP contribution in [0.25, 0.3) is 0 Å². The van der Waals surface area contributed by atoms with Gasteiger partial charge in [-0.05, 0) is 13.8 Å². The SMILES string of the molecule is CC1OCC(C)(C=O)O1. The van der Waals surface area contributed by atoms with Gasteiger partial charge in [0.05, 0.1) is 6.61 Å². The minimum Gasteiger partial charge on any atom is -0.349 e. The predicted octanol–water partition coefficient (Wildman–Crippen LogP) is 0.337. The quantitative estimate of drug-likeness (QED) is 0.480. The Morgan fingerprint density at radius 1 is 1.78 bits per heavy atom. The highest BCUT2D eigenvalue weighted by Gasteiger charge is 2.34. The molecule has 0 aromatic heterocycles. The van der Waals surface area contributed by atoms with Crippen molar-refractivity contribution in [2.75, 3.05) is 6.61 Å². The Labute approximate surface area is 53.9 Å². The molecule has 1 saturated heterocycles. The summed E-state index contributed by atoms with van der Waals surface area (Å²) in [6, 6.07) is 0. The van der Waals surface area contributed by atoms with E-state index in [0.717, 1.165) is 6.29 Å². The minimum atomic E-state index is -0.695. The van der Waals surface area contributed by atoms with Crippen LogP contribution in [0.5, 0.6) is 0 Å². The molecule has 0 N–H and O–H groups in total. The molecule has 0 radical (unpaired) electrons. The summed E-state index contributed by atoms with van der Waals surface area (Å²) in [6.45, 7) is 3.86. The van der Waals surface area contributed by atoms with Gasteiger partial charge < -0.3 is 14.3 Å². The van der Waals surface area contributed by atoms with Crippen LogP contribution in [0.15, 0.2) is 0 Å². The highest BCUT2D eigenvalue weighted by Crippen LogP contribution is 2.19. The average molecular weight is 130 g/mol. The summed E-state index contributed by atoms with van der Waals surface area (Å²) < 4.78 is 10.1. The van der Waals surface area contributed by atoms with Crippen molar-refractivity contribution in [3.8, 4) is 0 Å². The molecule has 0 saturated carbocycles. The van der Waals surface area contributed by atoms with Gasteiger partial charge in [0.1, 0.15) is 5.60 Å². The van der Waals surface area contributed by atoms with Crippen molar-refractivity contribution in [3.05, 3.63) is 0 Å². The van der Waals surface area contributed by atoms with Gasteiger partial charge in [0, 0.05) is 0 Å². The summed E-state index contributed by atoms with van der Waals surface area (Å²) in [6.07, 6.45) is 0.538. The predicted molar refractivity (Wildman–Crippen MR) is 31.0 cm³/mol. The summed E-state index contributed by atoms with van der Waals surface area (Å²) in [5.74, 6) is 0. The van der Waals surface area contributed by atoms with Gasteiger partial charge >= 0.3 is 0 Å². The average Bonchev–Trinajstić information content (AvgIpc) is 2.13. The van der Waals surface area contributed by atoms with Crippen molar-refractivity contribution in [1.82, 2.24) is 0 Å². The molecule has 1 fully saturated rings. The molecule has 0 aromatic rings. The van der Waals surface area contributed by atoms with Gasteiger partial charge in [-0.25, -0.2) is 0 Å². The molecule has 0 bridgehead atoms. The standard InChI is InChI=1S/C6H10O3/c1-5-8-4-6(2,3-7)9-5/h3,5H,4H2,1-2H3. The molecule has 0 spiro atoms. The molecule has 2 unspecified atom stereocenters. The fourth-order valence-corrected chi connectivity index (χ4v) is 0.792. The minimum absolute atomic E-state index is 0.236. The first-order valence-electron chi connectivity index (χ1n) is 2.92. The smallest absolute Gasteiger partial charge is 0.156 e. The van der Waals surface area contributed by atoms with Gasteiger partial charge in [-0.2, -0.15) is 0 Å². The number of rotatable bonds is 1. The van der Waals surface area contributed by atoms with Crippen LogP contribution in [-0.4, -0.2) is 24.8 Å². The van der Waals surface area contributed by atoms with E-state index >= 15 is 0 Å². The van der Waals surface area contributed by atoms with E-state index in [0.29, 0.717) is 6.61 Å². The molecular weight excluding hydrogens is 120 g/mol. The molecule has 0 aliphatic carbocycles. The fraction of sp³-hybridized carbons (Fsp3) is 0.833. The van der Waals surface area contributed by atoms with Gasteiger partial charge in [0.15, 0.2) is 12.6 Å². The molecule has 1 heterocycles. The first-order chi connectivity index (χ1) is 4.16. The molecule has 3 heteroatoms. The summed E-state index contributed by atoms with van der Waals surface area (Å²) in [4.78, 5) is 10.3. The van der Waals surface area contributed by atoms with E-state index < -0.39 is 5.60 Å². The Morgan fingerprint density at radius 2 is 2.44 bits per heavy atom. The number of carbonyl (C=O) groups is 1. The van der Waals surface area contributed by atoms with E-state index in [-0.39, 0.29) is 6.29 Å². The Balaban J connectivity index is 2.54. The number of hydrogen-bond acceptors (Lipinski definition) is 3. The lowest BCUT2D eigenvalue weighted by atomic mass is 10.1. The van der Waals surface area contributed by atoms with Gasteiger partial charge in [0.2, 0.25) is 0 Å². The number of hydrogen-bond donors (Lipinski definition) is 0. The van der Waals surface area contributed by atoms with Crippen LogP contribution < -0.4 is 0 Å². The number of carbonyl (C=O) groups excluding carboxylic acids is 1. The maximum atomic E-state index is 10.3. The van der Waals surface area contributed by atoms with Crippen molar-refractivity contribution in [2.24, 2.45) is 0 Å². The lowest BCUT2D eigenvalue weighted by Gasteiger charge is -2.11. The summed E-state index contributed by atoms with van der Waals surface area (Å²) in [5, 5.41) is 0. The van der Waals surface area contributed by atoms with E-state index in [2.05, 4.69) is 0 Å². The molecule has 0 amide bonds. The lowest BCUT2D eigenvalue weighted by molar-refractivity contribution is -0.128. The van der Waals surface area contributed by atoms with Crippen LogP contribution in [0.4, 0.5) is 0 Å². The van der Waals surface area contributed by atoms with Gasteiger partial charge in [0.25, 0.3) is 0 Å². The molecule has 52 valence electrons. The van der Waals surface area contributed by atoms with Crippen LogP contribution in [0, 0.1) is 0 Å². The summed E-state index contributed by atoms with van der Waals surface area (Å²) in [7, 11) is 0. The monoisotopic (exact) mass is 130 g/mol. The van der Waals surface area contributed by atoms with Crippen LogP contribution in [0.2, 0.25) is 0 Å². The van der Waals surface area contributed by atoms with Gasteiger partial charge in [-0.1, -0.05) is 0 Å². The zero-order valence-electron chi connectivity index (χ0n) is 5.59.